The number of halogens is 1. The zero-order valence-electron chi connectivity index (χ0n) is 15.2. The zero-order chi connectivity index (χ0) is 16.5. The van der Waals surface area contributed by atoms with Crippen LogP contribution in [0.25, 0.3) is 0 Å². The number of aryl methyl sites for hydroxylation is 1. The lowest BCUT2D eigenvalue weighted by molar-refractivity contribution is 0.191. The molecule has 0 amide bonds. The van der Waals surface area contributed by atoms with E-state index >= 15 is 0 Å². The van der Waals surface area contributed by atoms with E-state index in [1.807, 2.05) is 32.2 Å². The number of likely N-dealkylation sites (tertiary alicyclic amines) is 1. The maximum Gasteiger partial charge on any atom is 0.191 e. The van der Waals surface area contributed by atoms with Crippen LogP contribution in [0.1, 0.15) is 37.6 Å². The number of nitrogens with one attached hydrogen (secondary N) is 2. The highest BCUT2D eigenvalue weighted by Gasteiger charge is 2.14. The number of nitrogens with zero attached hydrogens (tertiary/aromatic N) is 3. The van der Waals surface area contributed by atoms with E-state index in [1.165, 1.54) is 32.5 Å². The molecule has 1 saturated heterocycles. The van der Waals surface area contributed by atoms with E-state index in [-0.39, 0.29) is 24.0 Å². The molecule has 1 aromatic heterocycles. The molecular formula is C18H32IN5. The van der Waals surface area contributed by atoms with Crippen LogP contribution < -0.4 is 10.6 Å². The van der Waals surface area contributed by atoms with Crippen LogP contribution in [-0.4, -0.2) is 49.1 Å². The van der Waals surface area contributed by atoms with E-state index < -0.39 is 0 Å². The first-order valence-electron chi connectivity index (χ1n) is 8.77. The normalized spacial score (nSPS) is 16.5. The molecule has 136 valence electrons. The molecule has 2 rings (SSSR count). The molecule has 0 radical (unpaired) electrons. The first-order valence-corrected chi connectivity index (χ1v) is 8.77. The van der Waals surface area contributed by atoms with Gasteiger partial charge in [0.25, 0.3) is 0 Å². The van der Waals surface area contributed by atoms with E-state index in [0.717, 1.165) is 36.2 Å². The quantitative estimate of drug-likeness (QED) is 0.306. The van der Waals surface area contributed by atoms with Gasteiger partial charge in [-0.3, -0.25) is 9.98 Å². The summed E-state index contributed by atoms with van der Waals surface area (Å²) in [6, 6.07) is 6.08. The zero-order valence-corrected chi connectivity index (χ0v) is 17.5. The van der Waals surface area contributed by atoms with Crippen molar-refractivity contribution in [2.24, 2.45) is 10.9 Å². The van der Waals surface area contributed by atoms with Gasteiger partial charge in [-0.1, -0.05) is 13.0 Å². The number of rotatable bonds is 6. The number of aliphatic imine (C=N–C) groups is 1. The van der Waals surface area contributed by atoms with Crippen LogP contribution in [-0.2, 0) is 6.54 Å². The molecule has 0 aliphatic carbocycles. The molecule has 0 atom stereocenters. The molecule has 6 heteroatoms. The monoisotopic (exact) mass is 445 g/mol. The maximum absolute atomic E-state index is 4.49. The van der Waals surface area contributed by atoms with Crippen LogP contribution in [0.15, 0.2) is 23.2 Å². The molecule has 2 heterocycles. The SMILES string of the molecule is CN=C(NCCCN1CCC(C)CC1)NCc1cccc(C)n1.I. The number of pyridine rings is 1. The lowest BCUT2D eigenvalue weighted by Gasteiger charge is -2.30. The summed E-state index contributed by atoms with van der Waals surface area (Å²) in [6.07, 6.45) is 3.85. The van der Waals surface area contributed by atoms with Crippen molar-refractivity contribution < 1.29 is 0 Å². The van der Waals surface area contributed by atoms with Gasteiger partial charge in [-0.25, -0.2) is 0 Å². The average molecular weight is 445 g/mol. The fraction of sp³-hybridized carbons (Fsp3) is 0.667. The van der Waals surface area contributed by atoms with Crippen molar-refractivity contribution in [2.75, 3.05) is 33.2 Å². The van der Waals surface area contributed by atoms with Gasteiger partial charge in [-0.05, 0) is 63.9 Å². The molecule has 0 bridgehead atoms. The van der Waals surface area contributed by atoms with Crippen molar-refractivity contribution in [2.45, 2.75) is 39.7 Å². The summed E-state index contributed by atoms with van der Waals surface area (Å²) in [5.41, 5.74) is 2.08. The summed E-state index contributed by atoms with van der Waals surface area (Å²) in [6.45, 7) is 9.71. The molecule has 2 N–H and O–H groups in total. The van der Waals surface area contributed by atoms with Gasteiger partial charge in [0.15, 0.2) is 5.96 Å². The Balaban J connectivity index is 0.00000288. The Morgan fingerprint density at radius 2 is 2.04 bits per heavy atom. The second-order valence-electron chi connectivity index (χ2n) is 6.50. The molecule has 5 nitrogen and oxygen atoms in total. The van der Waals surface area contributed by atoms with Crippen LogP contribution >= 0.6 is 24.0 Å². The minimum Gasteiger partial charge on any atom is -0.356 e. The van der Waals surface area contributed by atoms with Gasteiger partial charge < -0.3 is 15.5 Å². The van der Waals surface area contributed by atoms with Crippen LogP contribution in [0.3, 0.4) is 0 Å². The highest BCUT2D eigenvalue weighted by atomic mass is 127. The van der Waals surface area contributed by atoms with Gasteiger partial charge in [-0.15, -0.1) is 24.0 Å². The molecule has 0 saturated carbocycles. The van der Waals surface area contributed by atoms with Crippen molar-refractivity contribution in [1.29, 1.82) is 0 Å². The summed E-state index contributed by atoms with van der Waals surface area (Å²) >= 11 is 0. The highest BCUT2D eigenvalue weighted by Crippen LogP contribution is 2.15. The minimum atomic E-state index is 0. The van der Waals surface area contributed by atoms with Crippen molar-refractivity contribution in [3.05, 3.63) is 29.6 Å². The Kier molecular flexibility index (Phi) is 10.2. The van der Waals surface area contributed by atoms with Crippen LogP contribution in [0.4, 0.5) is 0 Å². The molecule has 1 fully saturated rings. The molecule has 0 aromatic carbocycles. The molecule has 1 aliphatic heterocycles. The van der Waals surface area contributed by atoms with Crippen LogP contribution in [0.5, 0.6) is 0 Å². The van der Waals surface area contributed by atoms with Gasteiger partial charge in [0.1, 0.15) is 0 Å². The Morgan fingerprint density at radius 3 is 2.71 bits per heavy atom. The number of aromatic nitrogens is 1. The lowest BCUT2D eigenvalue weighted by Crippen LogP contribution is -2.39. The first kappa shape index (κ1) is 21.2. The van der Waals surface area contributed by atoms with Crippen molar-refractivity contribution in [1.82, 2.24) is 20.5 Å². The van der Waals surface area contributed by atoms with E-state index in [1.54, 1.807) is 0 Å². The van der Waals surface area contributed by atoms with Gasteiger partial charge in [0.05, 0.1) is 12.2 Å². The van der Waals surface area contributed by atoms with Crippen LogP contribution in [0, 0.1) is 12.8 Å². The van der Waals surface area contributed by atoms with E-state index in [4.69, 9.17) is 0 Å². The number of piperidine rings is 1. The lowest BCUT2D eigenvalue weighted by atomic mass is 9.99. The Morgan fingerprint density at radius 1 is 1.29 bits per heavy atom. The van der Waals surface area contributed by atoms with Crippen LogP contribution in [0.2, 0.25) is 0 Å². The third-order valence-electron chi connectivity index (χ3n) is 4.43. The predicted molar refractivity (Wildman–Crippen MR) is 112 cm³/mol. The Bertz CT molecular complexity index is 498. The number of hydrogen-bond acceptors (Lipinski definition) is 3. The largest absolute Gasteiger partial charge is 0.356 e. The fourth-order valence-electron chi connectivity index (χ4n) is 2.89. The van der Waals surface area contributed by atoms with Crippen molar-refractivity contribution in [3.63, 3.8) is 0 Å². The summed E-state index contributed by atoms with van der Waals surface area (Å²) in [5, 5.41) is 6.71. The van der Waals surface area contributed by atoms with E-state index in [9.17, 15) is 0 Å². The Labute approximate surface area is 163 Å². The molecule has 0 unspecified atom stereocenters. The van der Waals surface area contributed by atoms with Gasteiger partial charge in [-0.2, -0.15) is 0 Å². The van der Waals surface area contributed by atoms with Crippen molar-refractivity contribution >= 4 is 29.9 Å². The smallest absolute Gasteiger partial charge is 0.191 e. The summed E-state index contributed by atoms with van der Waals surface area (Å²) in [4.78, 5) is 11.3. The van der Waals surface area contributed by atoms with Gasteiger partial charge in [0, 0.05) is 19.3 Å². The molecular weight excluding hydrogens is 413 g/mol. The first-order chi connectivity index (χ1) is 11.2. The van der Waals surface area contributed by atoms with Gasteiger partial charge >= 0.3 is 0 Å². The standard InChI is InChI=1S/C18H31N5.HI/c1-15-8-12-23(13-9-15)11-5-10-20-18(19-3)21-14-17-7-4-6-16(2)22-17;/h4,6-7,15H,5,8-14H2,1-3H3,(H2,19,20,21);1H. The fourth-order valence-corrected chi connectivity index (χ4v) is 2.89. The molecule has 1 aliphatic rings. The Hall–Kier alpha value is -0.890. The second-order valence-corrected chi connectivity index (χ2v) is 6.50. The number of hydrogen-bond donors (Lipinski definition) is 2. The topological polar surface area (TPSA) is 52.6 Å². The minimum absolute atomic E-state index is 0. The maximum atomic E-state index is 4.49. The third-order valence-corrected chi connectivity index (χ3v) is 4.43. The highest BCUT2D eigenvalue weighted by molar-refractivity contribution is 14.0. The molecule has 1 aromatic rings. The summed E-state index contributed by atoms with van der Waals surface area (Å²) in [5.74, 6) is 1.75. The second kappa shape index (κ2) is 11.6. The van der Waals surface area contributed by atoms with E-state index in [0.29, 0.717) is 6.54 Å². The predicted octanol–water partition coefficient (Wildman–Crippen LogP) is 2.80. The van der Waals surface area contributed by atoms with Crippen molar-refractivity contribution in [3.8, 4) is 0 Å². The number of guanidine groups is 1. The molecule has 0 spiro atoms. The summed E-state index contributed by atoms with van der Waals surface area (Å²) < 4.78 is 0. The molecule has 24 heavy (non-hydrogen) atoms. The van der Waals surface area contributed by atoms with Gasteiger partial charge in [0.2, 0.25) is 0 Å². The van der Waals surface area contributed by atoms with E-state index in [2.05, 4.69) is 32.4 Å². The summed E-state index contributed by atoms with van der Waals surface area (Å²) in [7, 11) is 1.81. The average Bonchev–Trinajstić information content (AvgIpc) is 2.56. The third kappa shape index (κ3) is 7.79.